The van der Waals surface area contributed by atoms with E-state index in [2.05, 4.69) is 24.0 Å². The Morgan fingerprint density at radius 3 is 2.51 bits per heavy atom. The van der Waals surface area contributed by atoms with Crippen LogP contribution in [0.2, 0.25) is 5.02 Å². The summed E-state index contributed by atoms with van der Waals surface area (Å²) in [6.07, 6.45) is -4.25. The van der Waals surface area contributed by atoms with Gasteiger partial charge in [-0.15, -0.1) is 0 Å². The standard InChI is InChI=1S/C26H28ClF3N4O2S/c1-16(2)32-15-17-7-10-22(20(27)13-17)36-12-6-11-33-24(37)34(23(35)25(33,3)4)18-8-9-21(31-5)19(14-18)26(28,29)30/h7-10,13-14,16,32H,6,11-12,15H2,1-4H3. The first-order valence-corrected chi connectivity index (χ1v) is 12.5. The average molecular weight is 553 g/mol. The van der Waals surface area contributed by atoms with Crippen molar-refractivity contribution < 1.29 is 22.7 Å². The summed E-state index contributed by atoms with van der Waals surface area (Å²) in [6.45, 7) is 15.8. The van der Waals surface area contributed by atoms with E-state index in [0.29, 0.717) is 42.9 Å². The predicted octanol–water partition coefficient (Wildman–Crippen LogP) is 6.59. The second-order valence-corrected chi connectivity index (χ2v) is 10.2. The lowest BCUT2D eigenvalue weighted by Crippen LogP contribution is -2.44. The Hall–Kier alpha value is -2.87. The summed E-state index contributed by atoms with van der Waals surface area (Å²) >= 11 is 11.9. The Kier molecular flexibility index (Phi) is 8.73. The number of thiocarbonyl (C=S) groups is 1. The van der Waals surface area contributed by atoms with Crippen molar-refractivity contribution in [2.45, 2.75) is 58.4 Å². The summed E-state index contributed by atoms with van der Waals surface area (Å²) in [5.74, 6) is 0.0891. The minimum absolute atomic E-state index is 0.0274. The molecule has 198 valence electrons. The van der Waals surface area contributed by atoms with Gasteiger partial charge in [-0.25, -0.2) is 4.85 Å². The maximum atomic E-state index is 13.5. The molecule has 6 nitrogen and oxygen atoms in total. The number of alkyl halides is 3. The molecule has 1 amide bonds. The quantitative estimate of drug-likeness (QED) is 0.216. The van der Waals surface area contributed by atoms with Crippen molar-refractivity contribution in [1.82, 2.24) is 10.2 Å². The molecule has 2 aromatic rings. The number of nitrogens with zero attached hydrogens (tertiary/aromatic N) is 3. The topological polar surface area (TPSA) is 49.2 Å². The smallest absolute Gasteiger partial charge is 0.407 e. The van der Waals surface area contributed by atoms with Crippen LogP contribution in [0.4, 0.5) is 24.5 Å². The molecule has 1 fully saturated rings. The van der Waals surface area contributed by atoms with E-state index in [9.17, 15) is 18.0 Å². The van der Waals surface area contributed by atoms with Crippen LogP contribution >= 0.6 is 23.8 Å². The van der Waals surface area contributed by atoms with Crippen molar-refractivity contribution in [3.63, 3.8) is 0 Å². The Morgan fingerprint density at radius 2 is 1.92 bits per heavy atom. The molecule has 1 heterocycles. The van der Waals surface area contributed by atoms with Crippen molar-refractivity contribution in [2.75, 3.05) is 18.1 Å². The van der Waals surface area contributed by atoms with E-state index < -0.39 is 28.9 Å². The number of hydrogen-bond donors (Lipinski definition) is 1. The fourth-order valence-corrected chi connectivity index (χ4v) is 4.69. The molecule has 1 aliphatic heterocycles. The Bertz CT molecular complexity index is 1230. The molecule has 0 radical (unpaired) electrons. The minimum atomic E-state index is -4.74. The van der Waals surface area contributed by atoms with Crippen LogP contribution in [0.1, 0.15) is 45.2 Å². The monoisotopic (exact) mass is 552 g/mol. The fourth-order valence-electron chi connectivity index (χ4n) is 3.92. The second-order valence-electron chi connectivity index (χ2n) is 9.45. The highest BCUT2D eigenvalue weighted by Gasteiger charge is 2.49. The zero-order valence-corrected chi connectivity index (χ0v) is 22.5. The van der Waals surface area contributed by atoms with E-state index in [4.69, 9.17) is 35.1 Å². The van der Waals surface area contributed by atoms with E-state index in [0.717, 1.165) is 22.6 Å². The number of nitrogens with one attached hydrogen (secondary N) is 1. The van der Waals surface area contributed by atoms with Gasteiger partial charge in [0.25, 0.3) is 5.91 Å². The molecule has 0 bridgehead atoms. The van der Waals surface area contributed by atoms with Crippen LogP contribution in [0.25, 0.3) is 4.85 Å². The van der Waals surface area contributed by atoms with E-state index >= 15 is 0 Å². The lowest BCUT2D eigenvalue weighted by molar-refractivity contribution is -0.136. The molecule has 1 saturated heterocycles. The molecular weight excluding hydrogens is 525 g/mol. The first-order chi connectivity index (χ1) is 17.3. The normalized spacial score (nSPS) is 15.5. The van der Waals surface area contributed by atoms with Gasteiger partial charge in [0.1, 0.15) is 11.3 Å². The van der Waals surface area contributed by atoms with Crippen LogP contribution in [0, 0.1) is 6.57 Å². The van der Waals surface area contributed by atoms with Crippen molar-refractivity contribution in [3.8, 4) is 5.75 Å². The second kappa shape index (κ2) is 11.3. The van der Waals surface area contributed by atoms with Gasteiger partial charge >= 0.3 is 6.18 Å². The number of carbonyl (C=O) groups excluding carboxylic acids is 1. The molecule has 1 aliphatic rings. The molecule has 0 aromatic heterocycles. The van der Waals surface area contributed by atoms with Gasteiger partial charge in [0.2, 0.25) is 0 Å². The third-order valence-electron chi connectivity index (χ3n) is 5.98. The maximum absolute atomic E-state index is 13.5. The highest BCUT2D eigenvalue weighted by atomic mass is 35.5. The van der Waals surface area contributed by atoms with Crippen molar-refractivity contribution in [1.29, 1.82) is 0 Å². The van der Waals surface area contributed by atoms with E-state index in [1.165, 1.54) is 6.07 Å². The lowest BCUT2D eigenvalue weighted by Gasteiger charge is -2.29. The number of anilines is 1. The molecule has 3 rings (SSSR count). The van der Waals surface area contributed by atoms with Gasteiger partial charge in [-0.05, 0) is 62.3 Å². The van der Waals surface area contributed by atoms with Gasteiger partial charge in [-0.2, -0.15) is 13.2 Å². The summed E-state index contributed by atoms with van der Waals surface area (Å²) in [6, 6.07) is 9.08. The summed E-state index contributed by atoms with van der Waals surface area (Å²) < 4.78 is 46.2. The van der Waals surface area contributed by atoms with Gasteiger partial charge in [0.15, 0.2) is 10.8 Å². The minimum Gasteiger partial charge on any atom is -0.492 e. The molecule has 11 heteroatoms. The van der Waals surface area contributed by atoms with Gasteiger partial charge < -0.3 is 15.0 Å². The first-order valence-electron chi connectivity index (χ1n) is 11.7. The largest absolute Gasteiger partial charge is 0.492 e. The van der Waals surface area contributed by atoms with Crippen LogP contribution in [-0.2, 0) is 17.5 Å². The lowest BCUT2D eigenvalue weighted by atomic mass is 10.0. The zero-order chi connectivity index (χ0) is 27.5. The molecule has 0 saturated carbocycles. The highest BCUT2D eigenvalue weighted by molar-refractivity contribution is 7.80. The summed E-state index contributed by atoms with van der Waals surface area (Å²) in [4.78, 5) is 18.9. The third-order valence-corrected chi connectivity index (χ3v) is 6.68. The predicted molar refractivity (Wildman–Crippen MR) is 142 cm³/mol. The van der Waals surface area contributed by atoms with Crippen LogP contribution in [-0.4, -0.2) is 40.7 Å². The van der Waals surface area contributed by atoms with Crippen molar-refractivity contribution in [2.24, 2.45) is 0 Å². The van der Waals surface area contributed by atoms with Gasteiger partial charge in [0, 0.05) is 24.8 Å². The number of rotatable bonds is 9. The summed E-state index contributed by atoms with van der Waals surface area (Å²) in [5.41, 5.74) is -1.71. The number of benzene rings is 2. The molecule has 0 spiro atoms. The number of halogens is 4. The van der Waals surface area contributed by atoms with Gasteiger partial charge in [-0.3, -0.25) is 9.69 Å². The summed E-state index contributed by atoms with van der Waals surface area (Å²) in [5, 5.41) is 3.91. The van der Waals surface area contributed by atoms with Crippen LogP contribution in [0.3, 0.4) is 0 Å². The fraction of sp³-hybridized carbons (Fsp3) is 0.423. The molecule has 0 unspecified atom stereocenters. The van der Waals surface area contributed by atoms with Crippen LogP contribution in [0.15, 0.2) is 36.4 Å². The van der Waals surface area contributed by atoms with Crippen LogP contribution < -0.4 is 15.0 Å². The van der Waals surface area contributed by atoms with Crippen molar-refractivity contribution in [3.05, 3.63) is 64.0 Å². The molecule has 2 aromatic carbocycles. The Balaban J connectivity index is 1.68. The number of ether oxygens (including phenoxy) is 1. The Labute approximate surface area is 225 Å². The van der Waals surface area contributed by atoms with Gasteiger partial charge in [0.05, 0.1) is 23.8 Å². The molecule has 1 N–H and O–H groups in total. The molecule has 0 atom stereocenters. The summed E-state index contributed by atoms with van der Waals surface area (Å²) in [7, 11) is 0. The number of hydrogen-bond acceptors (Lipinski definition) is 4. The first kappa shape index (κ1) is 28.7. The average Bonchev–Trinajstić information content (AvgIpc) is 2.99. The molecule has 0 aliphatic carbocycles. The molecular formula is C26H28ClF3N4O2S. The Morgan fingerprint density at radius 1 is 1.22 bits per heavy atom. The van der Waals surface area contributed by atoms with Gasteiger partial charge in [-0.1, -0.05) is 37.6 Å². The van der Waals surface area contributed by atoms with Crippen molar-refractivity contribution >= 4 is 46.2 Å². The third kappa shape index (κ3) is 6.35. The number of carbonyl (C=O) groups is 1. The maximum Gasteiger partial charge on any atom is 0.407 e. The van der Waals surface area contributed by atoms with E-state index in [-0.39, 0.29) is 10.8 Å². The number of amides is 1. The SMILES string of the molecule is [C-]#[N+]c1ccc(N2C(=O)C(C)(C)N(CCCOc3ccc(CNC(C)C)cc3Cl)C2=S)cc1C(F)(F)F. The molecule has 37 heavy (non-hydrogen) atoms. The van der Waals surface area contributed by atoms with Crippen LogP contribution in [0.5, 0.6) is 5.75 Å². The van der Waals surface area contributed by atoms with E-state index in [1.807, 2.05) is 12.1 Å². The van der Waals surface area contributed by atoms with E-state index in [1.54, 1.807) is 24.8 Å². The zero-order valence-electron chi connectivity index (χ0n) is 20.9. The highest BCUT2D eigenvalue weighted by Crippen LogP contribution is 2.41.